The van der Waals surface area contributed by atoms with Crippen LogP contribution < -0.4 is 5.73 Å². The molecule has 2 rings (SSSR count). The van der Waals surface area contributed by atoms with Crippen molar-refractivity contribution in [1.29, 1.82) is 0 Å². The number of hydrogen-bond donors (Lipinski definition) is 1. The van der Waals surface area contributed by atoms with Gasteiger partial charge >= 0.3 is 0 Å². The minimum Gasteiger partial charge on any atom is -0.326 e. The number of halogens is 1. The zero-order valence-electron chi connectivity index (χ0n) is 7.27. The van der Waals surface area contributed by atoms with E-state index in [1.165, 1.54) is 0 Å². The van der Waals surface area contributed by atoms with Crippen molar-refractivity contribution in [2.24, 2.45) is 5.73 Å². The van der Waals surface area contributed by atoms with Gasteiger partial charge < -0.3 is 5.73 Å². The number of rotatable bonds is 2. The number of hydrogen-bond acceptors (Lipinski definition) is 4. The Morgan fingerprint density at radius 2 is 2.07 bits per heavy atom. The predicted molar refractivity (Wildman–Crippen MR) is 53.2 cm³/mol. The first-order chi connectivity index (χ1) is 6.79. The normalized spacial score (nSPS) is 10.4. The summed E-state index contributed by atoms with van der Waals surface area (Å²) in [6.07, 6.45) is 2.31. The minimum atomic E-state index is -0.428. The SMILES string of the molecule is NCc1cc(-c2ncc(F)cn2)cs1. The number of aromatic nitrogens is 2. The van der Waals surface area contributed by atoms with Crippen LogP contribution >= 0.6 is 11.3 Å². The summed E-state index contributed by atoms with van der Waals surface area (Å²) in [4.78, 5) is 8.81. The van der Waals surface area contributed by atoms with Crippen LogP contribution in [0.5, 0.6) is 0 Å². The van der Waals surface area contributed by atoms with Crippen molar-refractivity contribution in [2.45, 2.75) is 6.54 Å². The molecule has 0 spiro atoms. The highest BCUT2D eigenvalue weighted by Crippen LogP contribution is 2.21. The molecule has 5 heteroatoms. The van der Waals surface area contributed by atoms with Crippen LogP contribution in [0.4, 0.5) is 4.39 Å². The number of thiophene rings is 1. The fourth-order valence-electron chi connectivity index (χ4n) is 1.07. The molecule has 0 unspecified atom stereocenters. The van der Waals surface area contributed by atoms with Gasteiger partial charge in [0, 0.05) is 22.4 Å². The van der Waals surface area contributed by atoms with E-state index in [9.17, 15) is 4.39 Å². The second-order valence-electron chi connectivity index (χ2n) is 2.73. The molecule has 0 fully saturated rings. The van der Waals surface area contributed by atoms with Gasteiger partial charge in [0.15, 0.2) is 11.6 Å². The van der Waals surface area contributed by atoms with E-state index in [4.69, 9.17) is 5.73 Å². The van der Waals surface area contributed by atoms with Gasteiger partial charge in [0.1, 0.15) is 0 Å². The van der Waals surface area contributed by atoms with Crippen LogP contribution in [0.2, 0.25) is 0 Å². The van der Waals surface area contributed by atoms with E-state index in [1.54, 1.807) is 11.3 Å². The molecule has 3 nitrogen and oxygen atoms in total. The second-order valence-corrected chi connectivity index (χ2v) is 3.73. The molecule has 0 aliphatic carbocycles. The lowest BCUT2D eigenvalue weighted by atomic mass is 10.3. The zero-order chi connectivity index (χ0) is 9.97. The lowest BCUT2D eigenvalue weighted by molar-refractivity contribution is 0.614. The Morgan fingerprint density at radius 3 is 2.64 bits per heavy atom. The fraction of sp³-hybridized carbons (Fsp3) is 0.111. The van der Waals surface area contributed by atoms with Crippen LogP contribution in [0.1, 0.15) is 4.88 Å². The molecule has 0 bridgehead atoms. The quantitative estimate of drug-likeness (QED) is 0.820. The Labute approximate surface area is 84.4 Å². The molecule has 0 amide bonds. The molecule has 0 radical (unpaired) electrons. The average molecular weight is 209 g/mol. The van der Waals surface area contributed by atoms with E-state index >= 15 is 0 Å². The Kier molecular flexibility index (Phi) is 2.51. The van der Waals surface area contributed by atoms with Crippen LogP contribution in [-0.4, -0.2) is 9.97 Å². The van der Waals surface area contributed by atoms with Gasteiger partial charge in [-0.2, -0.15) is 0 Å². The van der Waals surface area contributed by atoms with Gasteiger partial charge in [-0.25, -0.2) is 14.4 Å². The third-order valence-electron chi connectivity index (χ3n) is 1.73. The molecule has 0 saturated carbocycles. The molecule has 14 heavy (non-hydrogen) atoms. The third kappa shape index (κ3) is 1.78. The lowest BCUT2D eigenvalue weighted by Crippen LogP contribution is -1.92. The molecule has 0 aliphatic heterocycles. The summed E-state index contributed by atoms with van der Waals surface area (Å²) in [5, 5.41) is 1.91. The van der Waals surface area contributed by atoms with Gasteiger partial charge in [-0.3, -0.25) is 0 Å². The number of nitrogens with two attached hydrogens (primary N) is 1. The largest absolute Gasteiger partial charge is 0.326 e. The predicted octanol–water partition coefficient (Wildman–Crippen LogP) is 1.80. The van der Waals surface area contributed by atoms with Crippen molar-refractivity contribution in [1.82, 2.24) is 9.97 Å². The van der Waals surface area contributed by atoms with E-state index < -0.39 is 5.82 Å². The monoisotopic (exact) mass is 209 g/mol. The van der Waals surface area contributed by atoms with Crippen molar-refractivity contribution in [2.75, 3.05) is 0 Å². The Bertz CT molecular complexity index is 424. The summed E-state index contributed by atoms with van der Waals surface area (Å²) in [5.41, 5.74) is 6.36. The summed E-state index contributed by atoms with van der Waals surface area (Å²) in [6.45, 7) is 0.506. The zero-order valence-corrected chi connectivity index (χ0v) is 8.09. The molecule has 72 valence electrons. The molecule has 0 saturated heterocycles. The Balaban J connectivity index is 2.34. The van der Waals surface area contributed by atoms with Crippen LogP contribution in [0.25, 0.3) is 11.4 Å². The summed E-state index contributed by atoms with van der Waals surface area (Å²) in [7, 11) is 0. The first kappa shape index (κ1) is 9.23. The van der Waals surface area contributed by atoms with Crippen LogP contribution in [-0.2, 0) is 6.54 Å². The first-order valence-electron chi connectivity index (χ1n) is 4.05. The summed E-state index contributed by atoms with van der Waals surface area (Å²) >= 11 is 1.55. The molecule has 2 N–H and O–H groups in total. The van der Waals surface area contributed by atoms with Crippen molar-refractivity contribution in [3.05, 3.63) is 34.5 Å². The van der Waals surface area contributed by atoms with E-state index in [0.29, 0.717) is 12.4 Å². The lowest BCUT2D eigenvalue weighted by Gasteiger charge is -1.93. The molecule has 2 heterocycles. The first-order valence-corrected chi connectivity index (χ1v) is 4.93. The second kappa shape index (κ2) is 3.81. The molecule has 0 atom stereocenters. The molecule has 2 aromatic heterocycles. The van der Waals surface area contributed by atoms with Crippen molar-refractivity contribution in [3.63, 3.8) is 0 Å². The molecular formula is C9H8FN3S. The Hall–Kier alpha value is -1.33. The van der Waals surface area contributed by atoms with Crippen molar-refractivity contribution < 1.29 is 4.39 Å². The minimum absolute atomic E-state index is 0.428. The maximum atomic E-state index is 12.5. The van der Waals surface area contributed by atoms with E-state index in [0.717, 1.165) is 22.8 Å². The standard InChI is InChI=1S/C9H8FN3S/c10-7-3-12-9(13-4-7)6-1-8(2-11)14-5-6/h1,3-5H,2,11H2. The summed E-state index contributed by atoms with van der Waals surface area (Å²) < 4.78 is 12.5. The highest BCUT2D eigenvalue weighted by Gasteiger charge is 2.03. The van der Waals surface area contributed by atoms with Crippen LogP contribution in [0, 0.1) is 5.82 Å². The van der Waals surface area contributed by atoms with Gasteiger partial charge in [-0.1, -0.05) is 0 Å². The Morgan fingerprint density at radius 1 is 1.36 bits per heavy atom. The average Bonchev–Trinajstić information content (AvgIpc) is 2.67. The van der Waals surface area contributed by atoms with Gasteiger partial charge in [-0.05, 0) is 6.07 Å². The molecular weight excluding hydrogens is 201 g/mol. The van der Waals surface area contributed by atoms with Crippen LogP contribution in [0.3, 0.4) is 0 Å². The highest BCUT2D eigenvalue weighted by atomic mass is 32.1. The van der Waals surface area contributed by atoms with Gasteiger partial charge in [0.2, 0.25) is 0 Å². The van der Waals surface area contributed by atoms with Gasteiger partial charge in [-0.15, -0.1) is 11.3 Å². The van der Waals surface area contributed by atoms with E-state index in [-0.39, 0.29) is 0 Å². The van der Waals surface area contributed by atoms with Crippen molar-refractivity contribution in [3.8, 4) is 11.4 Å². The summed E-state index contributed by atoms with van der Waals surface area (Å²) in [6, 6.07) is 1.91. The smallest absolute Gasteiger partial charge is 0.160 e. The molecule has 0 aliphatic rings. The topological polar surface area (TPSA) is 51.8 Å². The van der Waals surface area contributed by atoms with E-state index in [2.05, 4.69) is 9.97 Å². The van der Waals surface area contributed by atoms with E-state index in [1.807, 2.05) is 11.4 Å². The maximum Gasteiger partial charge on any atom is 0.160 e. The fourth-order valence-corrected chi connectivity index (χ4v) is 1.81. The summed E-state index contributed by atoms with van der Waals surface area (Å²) in [5.74, 6) is 0.102. The number of nitrogens with zero attached hydrogens (tertiary/aromatic N) is 2. The van der Waals surface area contributed by atoms with Gasteiger partial charge in [0.05, 0.1) is 12.4 Å². The molecule has 2 aromatic rings. The van der Waals surface area contributed by atoms with Crippen LogP contribution in [0.15, 0.2) is 23.8 Å². The molecule has 0 aromatic carbocycles. The maximum absolute atomic E-state index is 12.5. The van der Waals surface area contributed by atoms with Crippen molar-refractivity contribution >= 4 is 11.3 Å². The third-order valence-corrected chi connectivity index (χ3v) is 2.69. The highest BCUT2D eigenvalue weighted by molar-refractivity contribution is 7.10. The van der Waals surface area contributed by atoms with Gasteiger partial charge in [0.25, 0.3) is 0 Å².